The molecule has 0 saturated heterocycles. The third kappa shape index (κ3) is 3.87. The van der Waals surface area contributed by atoms with Crippen molar-refractivity contribution in [2.75, 3.05) is 7.11 Å². The Labute approximate surface area is 167 Å². The molecule has 4 aromatic rings. The predicted molar refractivity (Wildman–Crippen MR) is 110 cm³/mol. The van der Waals surface area contributed by atoms with Gasteiger partial charge < -0.3 is 9.64 Å². The summed E-state index contributed by atoms with van der Waals surface area (Å²) in [6.45, 7) is 0.929. The van der Waals surface area contributed by atoms with Crippen molar-refractivity contribution in [2.45, 2.75) is 13.1 Å². The Kier molecular flexibility index (Phi) is 5.30. The van der Waals surface area contributed by atoms with Crippen molar-refractivity contribution in [2.24, 2.45) is 0 Å². The van der Waals surface area contributed by atoms with Gasteiger partial charge in [-0.15, -0.1) is 11.3 Å². The second kappa shape index (κ2) is 8.19. The molecule has 0 aliphatic heterocycles. The maximum atomic E-state index is 13.3. The molecule has 0 saturated carbocycles. The first-order valence-corrected chi connectivity index (χ1v) is 9.78. The number of para-hydroxylation sites is 3. The molecule has 140 valence electrons. The zero-order valence-electron chi connectivity index (χ0n) is 15.4. The number of fused-ring (bicyclic) bond motifs is 1. The number of thiophene rings is 1. The van der Waals surface area contributed by atoms with Crippen LogP contribution in [-0.4, -0.2) is 27.9 Å². The molecule has 0 aliphatic carbocycles. The molecule has 0 fully saturated rings. The molecule has 0 spiro atoms. The lowest BCUT2D eigenvalue weighted by Gasteiger charge is -2.23. The third-order valence-electron chi connectivity index (χ3n) is 4.44. The van der Waals surface area contributed by atoms with Crippen molar-refractivity contribution < 1.29 is 9.53 Å². The van der Waals surface area contributed by atoms with E-state index >= 15 is 0 Å². The monoisotopic (exact) mass is 389 g/mol. The molecule has 5 nitrogen and oxygen atoms in total. The number of hydrogen-bond acceptors (Lipinski definition) is 5. The lowest BCUT2D eigenvalue weighted by Crippen LogP contribution is -2.30. The van der Waals surface area contributed by atoms with E-state index in [0.29, 0.717) is 24.3 Å². The molecule has 6 heteroatoms. The first kappa shape index (κ1) is 18.1. The number of carbonyl (C=O) groups is 1. The van der Waals surface area contributed by atoms with E-state index in [1.807, 2.05) is 66.0 Å². The Morgan fingerprint density at radius 3 is 2.57 bits per heavy atom. The molecule has 0 atom stereocenters. The average Bonchev–Trinajstić information content (AvgIpc) is 3.26. The summed E-state index contributed by atoms with van der Waals surface area (Å²) >= 11 is 1.63. The van der Waals surface area contributed by atoms with Crippen LogP contribution in [0.15, 0.2) is 72.2 Å². The maximum absolute atomic E-state index is 13.3. The van der Waals surface area contributed by atoms with Crippen molar-refractivity contribution in [3.8, 4) is 5.75 Å². The minimum atomic E-state index is -0.155. The van der Waals surface area contributed by atoms with E-state index in [4.69, 9.17) is 4.74 Å². The molecule has 0 N–H and O–H groups in total. The lowest BCUT2D eigenvalue weighted by atomic mass is 10.1. The van der Waals surface area contributed by atoms with Crippen molar-refractivity contribution >= 4 is 28.3 Å². The van der Waals surface area contributed by atoms with E-state index < -0.39 is 0 Å². The molecular formula is C22H19N3O2S. The van der Waals surface area contributed by atoms with Gasteiger partial charge in [0.25, 0.3) is 5.91 Å². The van der Waals surface area contributed by atoms with Gasteiger partial charge in [-0.05, 0) is 29.6 Å². The van der Waals surface area contributed by atoms with Gasteiger partial charge in [0.1, 0.15) is 11.4 Å². The summed E-state index contributed by atoms with van der Waals surface area (Å²) in [6.07, 6.45) is 1.55. The minimum Gasteiger partial charge on any atom is -0.496 e. The van der Waals surface area contributed by atoms with Crippen LogP contribution in [0.4, 0.5) is 0 Å². The summed E-state index contributed by atoms with van der Waals surface area (Å²) in [5, 5.41) is 2.01. The number of aromatic nitrogens is 2. The average molecular weight is 389 g/mol. The minimum absolute atomic E-state index is 0.155. The Morgan fingerprint density at radius 1 is 1.00 bits per heavy atom. The van der Waals surface area contributed by atoms with Crippen LogP contribution in [-0.2, 0) is 13.1 Å². The fourth-order valence-electron chi connectivity index (χ4n) is 3.05. The van der Waals surface area contributed by atoms with Crippen LogP contribution in [0.25, 0.3) is 11.0 Å². The molecular weight excluding hydrogens is 370 g/mol. The van der Waals surface area contributed by atoms with E-state index in [-0.39, 0.29) is 5.91 Å². The molecule has 0 aliphatic rings. The number of benzene rings is 2. The molecule has 28 heavy (non-hydrogen) atoms. The Balaban J connectivity index is 1.67. The zero-order valence-corrected chi connectivity index (χ0v) is 16.2. The van der Waals surface area contributed by atoms with Gasteiger partial charge in [0.05, 0.1) is 37.4 Å². The van der Waals surface area contributed by atoms with Crippen LogP contribution in [0, 0.1) is 0 Å². The molecule has 2 aromatic heterocycles. The SMILES string of the molecule is COc1ccccc1CN(Cc1cccs1)C(=O)c1cnc2ccccc2n1. The van der Waals surface area contributed by atoms with Gasteiger partial charge >= 0.3 is 0 Å². The molecule has 2 aromatic carbocycles. The quantitative estimate of drug-likeness (QED) is 0.486. The Morgan fingerprint density at radius 2 is 1.79 bits per heavy atom. The smallest absolute Gasteiger partial charge is 0.274 e. The molecule has 0 bridgehead atoms. The standard InChI is InChI=1S/C22H19N3O2S/c1-27-21-11-5-2-7-16(21)14-25(15-17-8-6-12-28-17)22(26)20-13-23-18-9-3-4-10-19(18)24-20/h2-13H,14-15H2,1H3. The van der Waals surface area contributed by atoms with E-state index in [1.165, 1.54) is 0 Å². The summed E-state index contributed by atoms with van der Waals surface area (Å²) in [4.78, 5) is 25.1. The molecule has 0 unspecified atom stereocenters. The summed E-state index contributed by atoms with van der Waals surface area (Å²) in [5.74, 6) is 0.605. The van der Waals surface area contributed by atoms with Gasteiger partial charge in [0.15, 0.2) is 0 Å². The van der Waals surface area contributed by atoms with Gasteiger partial charge in [0.2, 0.25) is 0 Å². The molecule has 1 amide bonds. The highest BCUT2D eigenvalue weighted by Crippen LogP contribution is 2.23. The van der Waals surface area contributed by atoms with E-state index in [0.717, 1.165) is 21.7 Å². The molecule has 4 rings (SSSR count). The normalized spacial score (nSPS) is 10.8. The van der Waals surface area contributed by atoms with Crippen LogP contribution in [0.1, 0.15) is 20.9 Å². The van der Waals surface area contributed by atoms with Crippen LogP contribution in [0.2, 0.25) is 0 Å². The lowest BCUT2D eigenvalue weighted by molar-refractivity contribution is 0.0724. The van der Waals surface area contributed by atoms with E-state index in [9.17, 15) is 4.79 Å². The van der Waals surface area contributed by atoms with Gasteiger partial charge in [-0.2, -0.15) is 0 Å². The highest BCUT2D eigenvalue weighted by Gasteiger charge is 2.20. The van der Waals surface area contributed by atoms with Gasteiger partial charge in [-0.3, -0.25) is 9.78 Å². The van der Waals surface area contributed by atoms with Crippen LogP contribution >= 0.6 is 11.3 Å². The van der Waals surface area contributed by atoms with Crippen molar-refractivity contribution in [1.82, 2.24) is 14.9 Å². The van der Waals surface area contributed by atoms with Crippen LogP contribution < -0.4 is 4.74 Å². The number of nitrogens with zero attached hydrogens (tertiary/aromatic N) is 3. The number of hydrogen-bond donors (Lipinski definition) is 0. The van der Waals surface area contributed by atoms with Crippen LogP contribution in [0.5, 0.6) is 5.75 Å². The first-order valence-electron chi connectivity index (χ1n) is 8.90. The number of ether oxygens (including phenoxy) is 1. The zero-order chi connectivity index (χ0) is 19.3. The van der Waals surface area contributed by atoms with E-state index in [2.05, 4.69) is 9.97 Å². The van der Waals surface area contributed by atoms with Crippen molar-refractivity contribution in [1.29, 1.82) is 0 Å². The Bertz CT molecular complexity index is 1100. The topological polar surface area (TPSA) is 55.3 Å². The summed E-state index contributed by atoms with van der Waals surface area (Å²) in [5.41, 5.74) is 2.77. The number of methoxy groups -OCH3 is 1. The van der Waals surface area contributed by atoms with Crippen LogP contribution in [0.3, 0.4) is 0 Å². The number of amides is 1. The number of rotatable bonds is 6. The fraction of sp³-hybridized carbons (Fsp3) is 0.136. The number of carbonyl (C=O) groups excluding carboxylic acids is 1. The van der Waals surface area contributed by atoms with Gasteiger partial charge in [0, 0.05) is 10.4 Å². The highest BCUT2D eigenvalue weighted by atomic mass is 32.1. The summed E-state index contributed by atoms with van der Waals surface area (Å²) < 4.78 is 5.46. The second-order valence-corrected chi connectivity index (χ2v) is 7.33. The highest BCUT2D eigenvalue weighted by molar-refractivity contribution is 7.09. The first-order chi connectivity index (χ1) is 13.7. The summed E-state index contributed by atoms with van der Waals surface area (Å²) in [7, 11) is 1.64. The predicted octanol–water partition coefficient (Wildman–Crippen LogP) is 4.54. The van der Waals surface area contributed by atoms with Crippen molar-refractivity contribution in [3.63, 3.8) is 0 Å². The molecule has 2 heterocycles. The van der Waals surface area contributed by atoms with E-state index in [1.54, 1.807) is 29.5 Å². The van der Waals surface area contributed by atoms with Gasteiger partial charge in [-0.25, -0.2) is 4.98 Å². The molecule has 0 radical (unpaired) electrons. The Hall–Kier alpha value is -3.25. The summed E-state index contributed by atoms with van der Waals surface area (Å²) in [6, 6.07) is 19.3. The largest absolute Gasteiger partial charge is 0.496 e. The fourth-order valence-corrected chi connectivity index (χ4v) is 3.77. The second-order valence-electron chi connectivity index (χ2n) is 6.30. The third-order valence-corrected chi connectivity index (χ3v) is 5.30. The van der Waals surface area contributed by atoms with Gasteiger partial charge in [-0.1, -0.05) is 36.4 Å². The maximum Gasteiger partial charge on any atom is 0.274 e. The van der Waals surface area contributed by atoms with Crippen molar-refractivity contribution in [3.05, 3.63) is 88.4 Å².